The Bertz CT molecular complexity index is 1180. The Hall–Kier alpha value is -2.29. The summed E-state index contributed by atoms with van der Waals surface area (Å²) in [5.41, 5.74) is 9.54. The fourth-order valence-electron chi connectivity index (χ4n) is 3.93. The van der Waals surface area contributed by atoms with Gasteiger partial charge in [-0.25, -0.2) is 23.1 Å². The summed E-state index contributed by atoms with van der Waals surface area (Å²) in [6.45, 7) is 6.59. The van der Waals surface area contributed by atoms with Crippen LogP contribution in [0.25, 0.3) is 21.6 Å². The molecule has 0 unspecified atom stereocenters. The van der Waals surface area contributed by atoms with Gasteiger partial charge in [-0.1, -0.05) is 13.0 Å². The van der Waals surface area contributed by atoms with Crippen LogP contribution in [0, 0.1) is 25.7 Å². The van der Waals surface area contributed by atoms with Gasteiger partial charge in [-0.3, -0.25) is 0 Å². The summed E-state index contributed by atoms with van der Waals surface area (Å²) in [7, 11) is -3.57. The molecule has 1 aliphatic rings. The average Bonchev–Trinajstić information content (AvgIpc) is 3.11. The number of pyridine rings is 1. The van der Waals surface area contributed by atoms with Crippen molar-refractivity contribution in [1.82, 2.24) is 14.7 Å². The highest BCUT2D eigenvalue weighted by atomic mass is 32.2. The molecule has 3 N–H and O–H groups in total. The van der Waals surface area contributed by atoms with E-state index in [1.165, 1.54) is 0 Å². The van der Waals surface area contributed by atoms with Crippen LogP contribution in [0.4, 0.5) is 5.82 Å². The van der Waals surface area contributed by atoms with Gasteiger partial charge in [-0.2, -0.15) is 0 Å². The first kappa shape index (κ1) is 21.0. The Morgan fingerprint density at radius 3 is 2.57 bits per heavy atom. The zero-order chi connectivity index (χ0) is 21.5. The third kappa shape index (κ3) is 4.26. The van der Waals surface area contributed by atoms with E-state index in [0.29, 0.717) is 24.2 Å². The molecule has 0 bridgehead atoms. The van der Waals surface area contributed by atoms with E-state index in [0.717, 1.165) is 45.0 Å². The number of aromatic nitrogens is 2. The minimum Gasteiger partial charge on any atom is -0.383 e. The maximum absolute atomic E-state index is 12.8. The van der Waals surface area contributed by atoms with Crippen molar-refractivity contribution in [2.75, 3.05) is 12.3 Å². The van der Waals surface area contributed by atoms with Crippen molar-refractivity contribution in [3.63, 3.8) is 0 Å². The minimum absolute atomic E-state index is 0.266. The zero-order valence-corrected chi connectivity index (χ0v) is 19.0. The molecule has 2 aromatic heterocycles. The number of anilines is 1. The topological polar surface area (TPSA) is 98.0 Å². The molecule has 2 heterocycles. The molecule has 8 heteroatoms. The van der Waals surface area contributed by atoms with Gasteiger partial charge in [0.05, 0.1) is 14.8 Å². The van der Waals surface area contributed by atoms with E-state index >= 15 is 0 Å². The molecule has 0 aliphatic heterocycles. The molecule has 0 atom stereocenters. The SMILES string of the molecule is Cc1ncc(-c2cc(-c3cc(S(=O)(=O)NCC4CC(C)C4)ccc3C)cnc2N)s1. The van der Waals surface area contributed by atoms with Gasteiger partial charge < -0.3 is 5.73 Å². The van der Waals surface area contributed by atoms with E-state index in [1.54, 1.807) is 35.9 Å². The second kappa shape index (κ2) is 8.09. The molecule has 1 saturated carbocycles. The first-order valence-corrected chi connectivity index (χ1v) is 12.3. The van der Waals surface area contributed by atoms with E-state index in [9.17, 15) is 8.42 Å². The monoisotopic (exact) mass is 442 g/mol. The highest BCUT2D eigenvalue weighted by Crippen LogP contribution is 2.35. The van der Waals surface area contributed by atoms with E-state index in [-0.39, 0.29) is 4.90 Å². The van der Waals surface area contributed by atoms with Crippen molar-refractivity contribution in [2.24, 2.45) is 11.8 Å². The molecule has 30 heavy (non-hydrogen) atoms. The summed E-state index contributed by atoms with van der Waals surface area (Å²) in [6.07, 6.45) is 5.64. The second-order valence-corrected chi connectivity index (χ2v) is 11.2. The molecule has 0 saturated heterocycles. The normalized spacial score (nSPS) is 18.9. The van der Waals surface area contributed by atoms with Gasteiger partial charge in [-0.05, 0) is 67.9 Å². The smallest absolute Gasteiger partial charge is 0.240 e. The van der Waals surface area contributed by atoms with Crippen LogP contribution in [0.3, 0.4) is 0 Å². The highest BCUT2D eigenvalue weighted by molar-refractivity contribution is 7.89. The summed E-state index contributed by atoms with van der Waals surface area (Å²) in [4.78, 5) is 9.86. The molecular formula is C22H26N4O2S2. The average molecular weight is 443 g/mol. The Kier molecular flexibility index (Phi) is 5.65. The summed E-state index contributed by atoms with van der Waals surface area (Å²) in [5, 5.41) is 0.950. The standard InChI is InChI=1S/C22H26N4O2S2/c1-13-6-16(7-13)10-26-30(27,28)18-5-4-14(2)19(9-18)17-8-20(22(23)25-11-17)21-12-24-15(3)29-21/h4-5,8-9,11-13,16,26H,6-7,10H2,1-3H3,(H2,23,25). The number of nitrogens with zero attached hydrogens (tertiary/aromatic N) is 2. The van der Waals surface area contributed by atoms with Crippen molar-refractivity contribution >= 4 is 27.2 Å². The molecule has 1 aliphatic carbocycles. The van der Waals surface area contributed by atoms with Crippen molar-refractivity contribution in [3.05, 3.63) is 47.2 Å². The fourth-order valence-corrected chi connectivity index (χ4v) is 5.88. The van der Waals surface area contributed by atoms with Crippen LogP contribution in [0.1, 0.15) is 30.3 Å². The maximum Gasteiger partial charge on any atom is 0.240 e. The summed E-state index contributed by atoms with van der Waals surface area (Å²) >= 11 is 1.55. The summed E-state index contributed by atoms with van der Waals surface area (Å²) in [6, 6.07) is 7.16. The van der Waals surface area contributed by atoms with Crippen LogP contribution in [-0.4, -0.2) is 24.9 Å². The van der Waals surface area contributed by atoms with Gasteiger partial charge in [0.15, 0.2) is 0 Å². The van der Waals surface area contributed by atoms with Crippen molar-refractivity contribution in [2.45, 2.75) is 38.5 Å². The van der Waals surface area contributed by atoms with Crippen molar-refractivity contribution in [3.8, 4) is 21.6 Å². The lowest BCUT2D eigenvalue weighted by molar-refractivity contribution is 0.215. The third-order valence-corrected chi connectivity index (χ3v) is 8.04. The van der Waals surface area contributed by atoms with Crippen LogP contribution in [0.15, 0.2) is 41.6 Å². The van der Waals surface area contributed by atoms with Crippen LogP contribution in [0.5, 0.6) is 0 Å². The largest absolute Gasteiger partial charge is 0.383 e. The van der Waals surface area contributed by atoms with E-state index in [4.69, 9.17) is 5.73 Å². The predicted octanol–water partition coefficient (Wildman–Crippen LogP) is 4.40. The third-order valence-electron chi connectivity index (χ3n) is 5.67. The number of aryl methyl sites for hydroxylation is 2. The molecule has 0 amide bonds. The lowest BCUT2D eigenvalue weighted by Crippen LogP contribution is -2.35. The molecule has 0 radical (unpaired) electrons. The molecule has 4 rings (SSSR count). The first-order valence-electron chi connectivity index (χ1n) is 10.0. The second-order valence-electron chi connectivity index (χ2n) is 8.17. The van der Waals surface area contributed by atoms with Crippen molar-refractivity contribution in [1.29, 1.82) is 0 Å². The van der Waals surface area contributed by atoms with Gasteiger partial charge in [-0.15, -0.1) is 11.3 Å². The zero-order valence-electron chi connectivity index (χ0n) is 17.3. The van der Waals surface area contributed by atoms with Crippen molar-refractivity contribution < 1.29 is 8.42 Å². The summed E-state index contributed by atoms with van der Waals surface area (Å²) < 4.78 is 28.5. The molecular weight excluding hydrogens is 416 g/mol. The number of hydrogen-bond donors (Lipinski definition) is 2. The lowest BCUT2D eigenvalue weighted by atomic mass is 9.76. The van der Waals surface area contributed by atoms with E-state index in [2.05, 4.69) is 21.6 Å². The highest BCUT2D eigenvalue weighted by Gasteiger charge is 2.27. The number of hydrogen-bond acceptors (Lipinski definition) is 6. The molecule has 0 spiro atoms. The Labute approximate surface area is 181 Å². The molecule has 1 fully saturated rings. The Morgan fingerprint density at radius 2 is 1.90 bits per heavy atom. The maximum atomic E-state index is 12.8. The van der Waals surface area contributed by atoms with Crippen LogP contribution in [0.2, 0.25) is 0 Å². The number of benzene rings is 1. The van der Waals surface area contributed by atoms with Crippen LogP contribution in [-0.2, 0) is 10.0 Å². The lowest BCUT2D eigenvalue weighted by Gasteiger charge is -2.32. The van der Waals surface area contributed by atoms with Gasteiger partial charge in [0.1, 0.15) is 5.82 Å². The van der Waals surface area contributed by atoms with E-state index < -0.39 is 10.0 Å². The first-order chi connectivity index (χ1) is 14.2. The van der Waals surface area contributed by atoms with Gasteiger partial charge in [0, 0.05) is 30.1 Å². The molecule has 6 nitrogen and oxygen atoms in total. The van der Waals surface area contributed by atoms with Gasteiger partial charge in [0.25, 0.3) is 0 Å². The number of nitrogen functional groups attached to an aromatic ring is 1. The Morgan fingerprint density at radius 1 is 1.13 bits per heavy atom. The van der Waals surface area contributed by atoms with E-state index in [1.807, 2.05) is 26.0 Å². The fraction of sp³-hybridized carbons (Fsp3) is 0.364. The number of rotatable bonds is 6. The number of nitrogens with one attached hydrogen (secondary N) is 1. The Balaban J connectivity index is 1.65. The van der Waals surface area contributed by atoms with Crippen LogP contribution >= 0.6 is 11.3 Å². The number of nitrogens with two attached hydrogens (primary N) is 1. The molecule has 158 valence electrons. The number of thiazole rings is 1. The minimum atomic E-state index is -3.57. The molecule has 3 aromatic rings. The van der Waals surface area contributed by atoms with Gasteiger partial charge >= 0.3 is 0 Å². The van der Waals surface area contributed by atoms with Gasteiger partial charge in [0.2, 0.25) is 10.0 Å². The number of sulfonamides is 1. The quantitative estimate of drug-likeness (QED) is 0.590. The summed E-state index contributed by atoms with van der Waals surface area (Å²) in [5.74, 6) is 1.56. The predicted molar refractivity (Wildman–Crippen MR) is 122 cm³/mol. The van der Waals surface area contributed by atoms with Crippen LogP contribution < -0.4 is 10.5 Å². The molecule has 1 aromatic carbocycles.